The highest BCUT2D eigenvalue weighted by Gasteiger charge is 2.12. The Morgan fingerprint density at radius 2 is 2.17 bits per heavy atom. The highest BCUT2D eigenvalue weighted by Crippen LogP contribution is 2.24. The number of nitrogens with one attached hydrogen (secondary N) is 1. The Morgan fingerprint density at radius 1 is 1.33 bits per heavy atom. The minimum atomic E-state index is -0.272. The summed E-state index contributed by atoms with van der Waals surface area (Å²) in [5, 5.41) is 2.80. The number of aromatic nitrogens is 3. The van der Waals surface area contributed by atoms with E-state index in [-0.39, 0.29) is 18.0 Å². The van der Waals surface area contributed by atoms with Crippen LogP contribution in [0.2, 0.25) is 0 Å². The Kier molecular flexibility index (Phi) is 5.22. The van der Waals surface area contributed by atoms with Crippen LogP contribution in [0.25, 0.3) is 10.3 Å². The predicted octanol–water partition coefficient (Wildman–Crippen LogP) is 2.94. The van der Waals surface area contributed by atoms with Gasteiger partial charge in [-0.25, -0.2) is 9.97 Å². The van der Waals surface area contributed by atoms with Gasteiger partial charge in [0.05, 0.1) is 0 Å². The average molecular weight is 379 g/mol. The number of carbonyl (C=O) groups is 1. The van der Waals surface area contributed by atoms with Crippen LogP contribution >= 0.6 is 34.9 Å². The number of fused-ring (bicyclic) bond motifs is 1. The monoisotopic (exact) mass is 378 g/mol. The fourth-order valence-electron chi connectivity index (χ4n) is 2.08. The van der Waals surface area contributed by atoms with Crippen LogP contribution in [0, 0.1) is 0 Å². The summed E-state index contributed by atoms with van der Waals surface area (Å²) < 4.78 is 2.56. The number of rotatable bonds is 5. The Bertz CT molecular complexity index is 951. The molecule has 6 nitrogen and oxygen atoms in total. The van der Waals surface area contributed by atoms with Crippen molar-refractivity contribution in [3.05, 3.63) is 40.9 Å². The summed E-state index contributed by atoms with van der Waals surface area (Å²) >= 11 is 4.36. The second-order valence-corrected chi connectivity index (χ2v) is 7.73. The van der Waals surface area contributed by atoms with Crippen molar-refractivity contribution in [3.63, 3.8) is 0 Å². The van der Waals surface area contributed by atoms with Crippen LogP contribution in [0.1, 0.15) is 0 Å². The zero-order valence-corrected chi connectivity index (χ0v) is 15.4. The van der Waals surface area contributed by atoms with Crippen molar-refractivity contribution in [2.45, 2.75) is 15.8 Å². The summed E-state index contributed by atoms with van der Waals surface area (Å²) in [7, 11) is 0. The molecular weight excluding hydrogens is 364 g/mol. The van der Waals surface area contributed by atoms with Crippen molar-refractivity contribution in [1.82, 2.24) is 14.5 Å². The highest BCUT2D eigenvalue weighted by atomic mass is 32.2. The second-order valence-electron chi connectivity index (χ2n) is 4.79. The van der Waals surface area contributed by atoms with Crippen LogP contribution in [0.4, 0.5) is 5.69 Å². The minimum absolute atomic E-state index is 0.0855. The molecule has 0 aliphatic carbocycles. The van der Waals surface area contributed by atoms with Gasteiger partial charge in [0.1, 0.15) is 17.6 Å². The van der Waals surface area contributed by atoms with E-state index in [1.54, 1.807) is 11.8 Å². The molecule has 0 aliphatic heterocycles. The Hall–Kier alpha value is -1.84. The lowest BCUT2D eigenvalue weighted by molar-refractivity contribution is -0.116. The van der Waals surface area contributed by atoms with E-state index >= 15 is 0 Å². The summed E-state index contributed by atoms with van der Waals surface area (Å²) in [5.41, 5.74) is 0.890. The summed E-state index contributed by atoms with van der Waals surface area (Å²) in [6, 6.07) is 7.55. The van der Waals surface area contributed by atoms with Gasteiger partial charge < -0.3 is 5.32 Å². The third-order valence-corrected chi connectivity index (χ3v) is 5.95. The van der Waals surface area contributed by atoms with E-state index in [9.17, 15) is 9.59 Å². The molecule has 3 rings (SSSR count). The first-order chi connectivity index (χ1) is 11.6. The molecule has 0 saturated heterocycles. The van der Waals surface area contributed by atoms with E-state index in [4.69, 9.17) is 0 Å². The molecule has 24 heavy (non-hydrogen) atoms. The maximum Gasteiger partial charge on any atom is 0.273 e. The molecule has 0 atom stereocenters. The lowest BCUT2D eigenvalue weighted by atomic mass is 10.3. The van der Waals surface area contributed by atoms with Crippen molar-refractivity contribution < 1.29 is 4.79 Å². The van der Waals surface area contributed by atoms with Crippen LogP contribution in [-0.2, 0) is 11.3 Å². The number of thioether (sulfide) groups is 2. The molecule has 2 aromatic heterocycles. The fraction of sp³-hybridized carbons (Fsp3) is 0.200. The van der Waals surface area contributed by atoms with Crippen LogP contribution in [0.3, 0.4) is 0 Å². The van der Waals surface area contributed by atoms with Gasteiger partial charge in [-0.15, -0.1) is 23.1 Å². The zero-order valence-electron chi connectivity index (χ0n) is 13.0. The molecule has 0 aliphatic rings. The Morgan fingerprint density at radius 3 is 2.92 bits per heavy atom. The molecule has 3 aromatic rings. The highest BCUT2D eigenvalue weighted by molar-refractivity contribution is 8.00. The molecule has 124 valence electrons. The van der Waals surface area contributed by atoms with E-state index < -0.39 is 0 Å². The molecule has 0 fully saturated rings. The van der Waals surface area contributed by atoms with Crippen molar-refractivity contribution >= 4 is 56.8 Å². The van der Waals surface area contributed by atoms with Crippen molar-refractivity contribution in [1.29, 1.82) is 0 Å². The average Bonchev–Trinajstić information content (AvgIpc) is 3.02. The van der Waals surface area contributed by atoms with Crippen molar-refractivity contribution in [2.24, 2.45) is 0 Å². The molecule has 0 radical (unpaired) electrons. The quantitative estimate of drug-likeness (QED) is 0.688. The van der Waals surface area contributed by atoms with Crippen LogP contribution < -0.4 is 10.9 Å². The van der Waals surface area contributed by atoms with Gasteiger partial charge in [-0.3, -0.25) is 14.2 Å². The second kappa shape index (κ2) is 7.37. The molecule has 0 bridgehead atoms. The molecule has 1 aromatic carbocycles. The van der Waals surface area contributed by atoms with E-state index in [1.807, 2.05) is 36.8 Å². The summed E-state index contributed by atoms with van der Waals surface area (Å²) in [6.07, 6.45) is 5.23. The third-order valence-electron chi connectivity index (χ3n) is 3.21. The fourth-order valence-corrected chi connectivity index (χ4v) is 4.00. The van der Waals surface area contributed by atoms with Gasteiger partial charge in [0, 0.05) is 10.6 Å². The summed E-state index contributed by atoms with van der Waals surface area (Å²) in [5.74, 6) is -0.272. The maximum atomic E-state index is 12.4. The first kappa shape index (κ1) is 17.0. The standard InChI is InChI=1S/C15H14N4O2S3/c1-22-10-5-3-4-9(6-10)17-11(20)7-19-8-16-13-12(14(19)21)24-15(18-13)23-2/h3-6,8H,7H2,1-2H3,(H,17,20). The molecule has 0 saturated carbocycles. The van der Waals surface area contributed by atoms with Gasteiger partial charge in [-0.1, -0.05) is 17.8 Å². The minimum Gasteiger partial charge on any atom is -0.324 e. The lowest BCUT2D eigenvalue weighted by Gasteiger charge is -2.08. The van der Waals surface area contributed by atoms with Gasteiger partial charge in [0.2, 0.25) is 5.91 Å². The van der Waals surface area contributed by atoms with Gasteiger partial charge in [0.25, 0.3) is 5.56 Å². The molecule has 9 heteroatoms. The van der Waals surface area contributed by atoms with Crippen LogP contribution in [-0.4, -0.2) is 33.0 Å². The van der Waals surface area contributed by atoms with Crippen LogP contribution in [0.5, 0.6) is 0 Å². The number of carbonyl (C=O) groups excluding carboxylic acids is 1. The summed E-state index contributed by atoms with van der Waals surface area (Å²) in [4.78, 5) is 34.1. The predicted molar refractivity (Wildman–Crippen MR) is 100 cm³/mol. The number of anilines is 1. The smallest absolute Gasteiger partial charge is 0.273 e. The Balaban J connectivity index is 1.80. The SMILES string of the molecule is CSc1cccc(NC(=O)Cn2cnc3nc(SC)sc3c2=O)c1. The van der Waals surface area contributed by atoms with E-state index in [2.05, 4.69) is 15.3 Å². The maximum absolute atomic E-state index is 12.4. The molecule has 0 unspecified atom stereocenters. The van der Waals surface area contributed by atoms with Crippen LogP contribution in [0.15, 0.2) is 44.6 Å². The number of amides is 1. The van der Waals surface area contributed by atoms with Gasteiger partial charge >= 0.3 is 0 Å². The number of nitrogens with zero attached hydrogens (tertiary/aromatic N) is 3. The lowest BCUT2D eigenvalue weighted by Crippen LogP contribution is -2.27. The number of hydrogen-bond donors (Lipinski definition) is 1. The van der Waals surface area contributed by atoms with Gasteiger partial charge in [-0.05, 0) is 30.7 Å². The third kappa shape index (κ3) is 3.63. The van der Waals surface area contributed by atoms with E-state index in [1.165, 1.54) is 34.0 Å². The largest absolute Gasteiger partial charge is 0.324 e. The normalized spacial score (nSPS) is 10.9. The Labute approximate surface area is 150 Å². The number of thiazole rings is 1. The topological polar surface area (TPSA) is 76.9 Å². The zero-order chi connectivity index (χ0) is 17.1. The van der Waals surface area contributed by atoms with Gasteiger partial charge in [-0.2, -0.15) is 0 Å². The molecule has 0 spiro atoms. The molecule has 1 N–H and O–H groups in total. The van der Waals surface area contributed by atoms with Crippen molar-refractivity contribution in [3.8, 4) is 0 Å². The van der Waals surface area contributed by atoms with Gasteiger partial charge in [0.15, 0.2) is 9.99 Å². The molecule has 1 amide bonds. The van der Waals surface area contributed by atoms with E-state index in [0.717, 1.165) is 9.24 Å². The molecule has 2 heterocycles. The van der Waals surface area contributed by atoms with Crippen molar-refractivity contribution in [2.75, 3.05) is 17.8 Å². The summed E-state index contributed by atoms with van der Waals surface area (Å²) in [6.45, 7) is -0.0855. The first-order valence-corrected chi connectivity index (χ1v) is 10.2. The molecular formula is C15H14N4O2S3. The van der Waals surface area contributed by atoms with E-state index in [0.29, 0.717) is 16.0 Å². The number of hydrogen-bond acceptors (Lipinski definition) is 7. The number of benzene rings is 1. The first-order valence-electron chi connectivity index (χ1n) is 6.94.